The number of nitrogens with zero attached hydrogens (tertiary/aromatic N) is 3. The molecule has 10 heteroatoms. The number of methoxy groups -OCH3 is 5. The van der Waals surface area contributed by atoms with Gasteiger partial charge < -0.3 is 29.0 Å². The molecule has 2 heterocycles. The summed E-state index contributed by atoms with van der Waals surface area (Å²) in [5.41, 5.74) is 2.97. The Morgan fingerprint density at radius 2 is 1.58 bits per heavy atom. The molecule has 36 heavy (non-hydrogen) atoms. The van der Waals surface area contributed by atoms with E-state index in [2.05, 4.69) is 5.32 Å². The molecule has 188 valence electrons. The first-order valence-corrected chi connectivity index (χ1v) is 11.6. The van der Waals surface area contributed by atoms with Gasteiger partial charge in [-0.3, -0.25) is 4.79 Å². The van der Waals surface area contributed by atoms with Crippen LogP contribution in [-0.2, 0) is 4.79 Å². The van der Waals surface area contributed by atoms with Gasteiger partial charge in [-0.1, -0.05) is 12.1 Å². The van der Waals surface area contributed by atoms with Crippen molar-refractivity contribution in [1.82, 2.24) is 14.8 Å². The highest BCUT2D eigenvalue weighted by atomic mass is 16.5. The van der Waals surface area contributed by atoms with Crippen LogP contribution in [0.3, 0.4) is 0 Å². The maximum Gasteiger partial charge on any atom is 0.226 e. The molecule has 1 N–H and O–H groups in total. The molecule has 3 aromatic rings. The first-order valence-electron chi connectivity index (χ1n) is 11.6. The molecule has 0 fully saturated rings. The number of benzene rings is 2. The van der Waals surface area contributed by atoms with Crippen molar-refractivity contribution in [1.29, 1.82) is 0 Å². The van der Waals surface area contributed by atoms with Crippen molar-refractivity contribution in [2.24, 2.45) is 0 Å². The van der Waals surface area contributed by atoms with Crippen molar-refractivity contribution in [3.8, 4) is 40.1 Å². The number of hydrogen-bond acceptors (Lipinski definition) is 9. The highest BCUT2D eigenvalue weighted by molar-refractivity contribution is 5.99. The van der Waals surface area contributed by atoms with Crippen LogP contribution in [0.5, 0.6) is 28.7 Å². The third-order valence-corrected chi connectivity index (χ3v) is 6.52. The van der Waals surface area contributed by atoms with E-state index >= 15 is 0 Å². The average molecular weight is 493 g/mol. The Labute approximate surface area is 208 Å². The van der Waals surface area contributed by atoms with Crippen LogP contribution in [0.4, 0.5) is 5.95 Å². The van der Waals surface area contributed by atoms with Crippen LogP contribution in [0, 0.1) is 0 Å². The summed E-state index contributed by atoms with van der Waals surface area (Å²) in [7, 11) is 7.84. The Morgan fingerprint density at radius 1 is 0.889 bits per heavy atom. The third kappa shape index (κ3) is 3.69. The summed E-state index contributed by atoms with van der Waals surface area (Å²) in [6.45, 7) is 0. The van der Waals surface area contributed by atoms with Crippen molar-refractivity contribution in [2.45, 2.75) is 25.3 Å². The number of para-hydroxylation sites is 1. The van der Waals surface area contributed by atoms with Gasteiger partial charge in [0.15, 0.2) is 34.6 Å². The summed E-state index contributed by atoms with van der Waals surface area (Å²) in [6, 6.07) is 8.69. The van der Waals surface area contributed by atoms with Gasteiger partial charge in [0.25, 0.3) is 0 Å². The lowest BCUT2D eigenvalue weighted by Gasteiger charge is -2.32. The molecule has 10 nitrogen and oxygen atoms in total. The predicted octanol–water partition coefficient (Wildman–Crippen LogP) is 4.01. The van der Waals surface area contributed by atoms with Gasteiger partial charge in [0, 0.05) is 28.8 Å². The number of carbonyl (C=O) groups excluding carboxylic acids is 1. The van der Waals surface area contributed by atoms with Crippen LogP contribution in [0.15, 0.2) is 41.6 Å². The number of fused-ring (bicyclic) bond motifs is 1. The van der Waals surface area contributed by atoms with Gasteiger partial charge in [-0.25, -0.2) is 4.68 Å². The van der Waals surface area contributed by atoms with Crippen molar-refractivity contribution in [3.05, 3.63) is 47.2 Å². The average Bonchev–Trinajstić information content (AvgIpc) is 3.34. The Morgan fingerprint density at radius 3 is 2.22 bits per heavy atom. The fraction of sp³-hybridized carbons (Fsp3) is 0.346. The molecule has 0 unspecified atom stereocenters. The molecule has 0 spiro atoms. The Balaban J connectivity index is 1.71. The number of ether oxygens (including phenoxy) is 5. The molecule has 5 rings (SSSR count). The number of aromatic nitrogens is 3. The van der Waals surface area contributed by atoms with Gasteiger partial charge in [-0.15, -0.1) is 5.10 Å². The number of nitrogens with one attached hydrogen (secondary N) is 1. The second-order valence-electron chi connectivity index (χ2n) is 8.40. The molecule has 0 saturated carbocycles. The molecule has 1 atom stereocenters. The molecule has 0 saturated heterocycles. The lowest BCUT2D eigenvalue weighted by Crippen LogP contribution is -2.31. The SMILES string of the molecule is COc1cc(-c2nc3n(n2)[C@H](c2cccc(OC)c2OC)C2=C(CCCC2=O)N3)cc(OC)c1OC. The van der Waals surface area contributed by atoms with E-state index in [4.69, 9.17) is 33.8 Å². The van der Waals surface area contributed by atoms with Crippen LogP contribution in [0.25, 0.3) is 11.4 Å². The van der Waals surface area contributed by atoms with Gasteiger partial charge in [-0.2, -0.15) is 4.98 Å². The maximum atomic E-state index is 13.2. The zero-order chi connectivity index (χ0) is 25.4. The van der Waals surface area contributed by atoms with Gasteiger partial charge in [0.1, 0.15) is 6.04 Å². The van der Waals surface area contributed by atoms with Gasteiger partial charge in [-0.05, 0) is 31.0 Å². The quantitative estimate of drug-likeness (QED) is 0.524. The molecular weight excluding hydrogens is 464 g/mol. The first kappa shape index (κ1) is 23.5. The maximum absolute atomic E-state index is 13.2. The second kappa shape index (κ2) is 9.44. The van der Waals surface area contributed by atoms with Crippen LogP contribution < -0.4 is 29.0 Å². The minimum atomic E-state index is -0.530. The molecule has 2 aliphatic rings. The first-order chi connectivity index (χ1) is 17.5. The van der Waals surface area contributed by atoms with E-state index in [-0.39, 0.29) is 5.78 Å². The van der Waals surface area contributed by atoms with E-state index < -0.39 is 6.04 Å². The lowest BCUT2D eigenvalue weighted by atomic mass is 9.85. The van der Waals surface area contributed by atoms with Crippen LogP contribution in [0.1, 0.15) is 30.9 Å². The zero-order valence-electron chi connectivity index (χ0n) is 20.9. The number of Topliss-reactive ketones (excluding diaryl/α,β-unsaturated/α-hetero) is 1. The number of hydrogen-bond donors (Lipinski definition) is 1. The van der Waals surface area contributed by atoms with Gasteiger partial charge in [0.2, 0.25) is 11.7 Å². The summed E-state index contributed by atoms with van der Waals surface area (Å²) in [5.74, 6) is 3.63. The molecule has 1 aromatic heterocycles. The van der Waals surface area contributed by atoms with Crippen molar-refractivity contribution in [3.63, 3.8) is 0 Å². The third-order valence-electron chi connectivity index (χ3n) is 6.52. The van der Waals surface area contributed by atoms with Crippen LogP contribution >= 0.6 is 0 Å². The number of ketones is 1. The Bertz CT molecular complexity index is 1340. The minimum absolute atomic E-state index is 0.0779. The fourth-order valence-corrected chi connectivity index (χ4v) is 4.90. The number of rotatable bonds is 7. The molecule has 0 amide bonds. The van der Waals surface area contributed by atoms with E-state index in [9.17, 15) is 4.79 Å². The molecule has 2 aromatic carbocycles. The summed E-state index contributed by atoms with van der Waals surface area (Å²) in [5, 5.41) is 8.20. The zero-order valence-corrected chi connectivity index (χ0v) is 20.9. The second-order valence-corrected chi connectivity index (χ2v) is 8.40. The monoisotopic (exact) mass is 492 g/mol. The van der Waals surface area contributed by atoms with E-state index in [1.165, 1.54) is 0 Å². The lowest BCUT2D eigenvalue weighted by molar-refractivity contribution is -0.116. The largest absolute Gasteiger partial charge is 0.493 e. The standard InChI is InChI=1S/C26H28N4O6/c1-32-18-11-6-8-15(23(18)35-4)22-21-16(9-7-10-17(21)31)27-26-28-25(29-30(22)26)14-12-19(33-2)24(36-5)20(13-14)34-3/h6,8,11-13,22H,7,9-10H2,1-5H3,(H,27,28,29)/t22-/m1/s1. The van der Waals surface area contributed by atoms with Gasteiger partial charge in [0.05, 0.1) is 35.5 Å². The fourth-order valence-electron chi connectivity index (χ4n) is 4.90. The topological polar surface area (TPSA) is 106 Å². The van der Waals surface area contributed by atoms with E-state index in [0.29, 0.717) is 58.1 Å². The normalized spacial score (nSPS) is 16.6. The summed E-state index contributed by atoms with van der Waals surface area (Å²) < 4.78 is 29.5. The molecule has 0 radical (unpaired) electrons. The van der Waals surface area contributed by atoms with E-state index in [0.717, 1.165) is 24.1 Å². The smallest absolute Gasteiger partial charge is 0.226 e. The molecule has 1 aliphatic heterocycles. The van der Waals surface area contributed by atoms with Crippen LogP contribution in [-0.4, -0.2) is 56.1 Å². The van der Waals surface area contributed by atoms with Crippen LogP contribution in [0.2, 0.25) is 0 Å². The molecular formula is C26H28N4O6. The molecule has 1 aliphatic carbocycles. The van der Waals surface area contributed by atoms with E-state index in [1.807, 2.05) is 18.2 Å². The summed E-state index contributed by atoms with van der Waals surface area (Å²) in [4.78, 5) is 18.0. The van der Waals surface area contributed by atoms with E-state index in [1.54, 1.807) is 52.4 Å². The number of allylic oxidation sites excluding steroid dienone is 2. The van der Waals surface area contributed by atoms with Crippen molar-refractivity contribution in [2.75, 3.05) is 40.9 Å². The number of anilines is 1. The van der Waals surface area contributed by atoms with Crippen molar-refractivity contribution >= 4 is 11.7 Å². The highest BCUT2D eigenvalue weighted by Crippen LogP contribution is 2.46. The summed E-state index contributed by atoms with van der Waals surface area (Å²) >= 11 is 0. The Hall–Kier alpha value is -4.21. The predicted molar refractivity (Wildman–Crippen MR) is 132 cm³/mol. The highest BCUT2D eigenvalue weighted by Gasteiger charge is 2.39. The number of carbonyl (C=O) groups is 1. The Kier molecular flexibility index (Phi) is 6.17. The molecule has 0 bridgehead atoms. The van der Waals surface area contributed by atoms with Gasteiger partial charge >= 0.3 is 0 Å². The summed E-state index contributed by atoms with van der Waals surface area (Å²) in [6.07, 6.45) is 2.00. The van der Waals surface area contributed by atoms with Crippen molar-refractivity contribution < 1.29 is 28.5 Å². The minimum Gasteiger partial charge on any atom is -0.493 e.